The third-order valence-electron chi connectivity index (χ3n) is 3.64. The number of hydrogen-bond acceptors (Lipinski definition) is 3. The highest BCUT2D eigenvalue weighted by atomic mass is 35.5. The van der Waals surface area contributed by atoms with Crippen LogP contribution < -0.4 is 10.6 Å². The molecule has 0 spiro atoms. The molecule has 0 aliphatic rings. The first-order valence-corrected chi connectivity index (χ1v) is 8.56. The predicted molar refractivity (Wildman–Crippen MR) is 102 cm³/mol. The van der Waals surface area contributed by atoms with Crippen LogP contribution in [0.15, 0.2) is 42.6 Å². The summed E-state index contributed by atoms with van der Waals surface area (Å²) in [6, 6.07) is 7.33. The fourth-order valence-corrected chi connectivity index (χ4v) is 2.72. The van der Waals surface area contributed by atoms with E-state index in [0.29, 0.717) is 0 Å². The van der Waals surface area contributed by atoms with Gasteiger partial charge in [-0.05, 0) is 36.4 Å². The van der Waals surface area contributed by atoms with E-state index in [1.807, 2.05) is 0 Å². The van der Waals surface area contributed by atoms with Crippen LogP contribution >= 0.6 is 23.2 Å². The van der Waals surface area contributed by atoms with Gasteiger partial charge in [0.05, 0.1) is 15.6 Å². The molecule has 1 heterocycles. The number of aromatic nitrogens is 2. The van der Waals surface area contributed by atoms with Gasteiger partial charge < -0.3 is 10.6 Å². The molecule has 28 heavy (non-hydrogen) atoms. The Balaban J connectivity index is 1.83. The first-order valence-electron chi connectivity index (χ1n) is 7.81. The van der Waals surface area contributed by atoms with Crippen molar-refractivity contribution in [3.05, 3.63) is 75.5 Å². The monoisotopic (exact) mass is 424 g/mol. The summed E-state index contributed by atoms with van der Waals surface area (Å²) in [5, 5.41) is 8.69. The highest BCUT2D eigenvalue weighted by molar-refractivity contribution is 6.31. The molecule has 2 N–H and O–H groups in total. The lowest BCUT2D eigenvalue weighted by Gasteiger charge is -2.07. The maximum atomic E-state index is 13.2. The van der Waals surface area contributed by atoms with Crippen LogP contribution in [0.2, 0.25) is 10.0 Å². The van der Waals surface area contributed by atoms with Crippen LogP contribution in [-0.2, 0) is 7.05 Å². The first kappa shape index (κ1) is 19.8. The van der Waals surface area contributed by atoms with Crippen molar-refractivity contribution in [1.82, 2.24) is 9.78 Å². The minimum atomic E-state index is -0.689. The van der Waals surface area contributed by atoms with E-state index in [-0.39, 0.29) is 32.7 Å². The molecule has 0 radical (unpaired) electrons. The summed E-state index contributed by atoms with van der Waals surface area (Å²) in [7, 11) is 1.54. The fourth-order valence-electron chi connectivity index (χ4n) is 2.36. The molecule has 0 saturated carbocycles. The maximum Gasteiger partial charge on any atom is 0.276 e. The Morgan fingerprint density at radius 3 is 1.93 bits per heavy atom. The number of carbonyl (C=O) groups is 2. The van der Waals surface area contributed by atoms with E-state index >= 15 is 0 Å². The van der Waals surface area contributed by atoms with Crippen LogP contribution in [0.5, 0.6) is 0 Å². The average Bonchev–Trinajstić information content (AvgIpc) is 3.03. The summed E-state index contributed by atoms with van der Waals surface area (Å²) in [5.41, 5.74) is 0.304. The molecule has 0 unspecified atom stereocenters. The van der Waals surface area contributed by atoms with Gasteiger partial charge in [0, 0.05) is 24.6 Å². The van der Waals surface area contributed by atoms with E-state index < -0.39 is 23.4 Å². The molecule has 3 rings (SSSR count). The summed E-state index contributed by atoms with van der Waals surface area (Å²) < 4.78 is 27.8. The molecule has 0 fully saturated rings. The Bertz CT molecular complexity index is 1000. The smallest absolute Gasteiger partial charge is 0.276 e. The van der Waals surface area contributed by atoms with E-state index in [4.69, 9.17) is 23.2 Å². The van der Waals surface area contributed by atoms with Gasteiger partial charge in [0.2, 0.25) is 0 Å². The van der Waals surface area contributed by atoms with Crippen molar-refractivity contribution in [2.24, 2.45) is 7.05 Å². The third kappa shape index (κ3) is 4.29. The van der Waals surface area contributed by atoms with Crippen LogP contribution in [0.3, 0.4) is 0 Å². The zero-order valence-corrected chi connectivity index (χ0v) is 15.8. The average molecular weight is 425 g/mol. The van der Waals surface area contributed by atoms with Gasteiger partial charge in [0.25, 0.3) is 11.8 Å². The lowest BCUT2D eigenvalue weighted by atomic mass is 10.2. The third-order valence-corrected chi connectivity index (χ3v) is 4.22. The standard InChI is InChI=1S/C18H12Cl2F2N4O2/c1-26-8-11(17(27)23-9-2-4-14(21)12(19)6-9)16(25-26)18(28)24-10-3-5-15(22)13(20)7-10/h2-8H,1H3,(H,23,27)(H,24,28). The number of rotatable bonds is 4. The summed E-state index contributed by atoms with van der Waals surface area (Å²) >= 11 is 11.4. The number of aryl methyl sites for hydroxylation is 1. The van der Waals surface area contributed by atoms with Crippen LogP contribution in [-0.4, -0.2) is 21.6 Å². The lowest BCUT2D eigenvalue weighted by molar-refractivity contribution is 0.0988. The Morgan fingerprint density at radius 1 is 0.929 bits per heavy atom. The van der Waals surface area contributed by atoms with E-state index in [1.54, 1.807) is 0 Å². The second kappa shape index (κ2) is 7.95. The minimum Gasteiger partial charge on any atom is -0.322 e. The summed E-state index contributed by atoms with van der Waals surface area (Å²) in [6.07, 6.45) is 1.35. The van der Waals surface area contributed by atoms with Crippen molar-refractivity contribution >= 4 is 46.4 Å². The zero-order chi connectivity index (χ0) is 20.4. The van der Waals surface area contributed by atoms with Gasteiger partial charge in [-0.2, -0.15) is 5.10 Å². The number of amides is 2. The highest BCUT2D eigenvalue weighted by Gasteiger charge is 2.22. The zero-order valence-electron chi connectivity index (χ0n) is 14.3. The normalized spacial score (nSPS) is 10.6. The van der Waals surface area contributed by atoms with Gasteiger partial charge in [-0.1, -0.05) is 23.2 Å². The lowest BCUT2D eigenvalue weighted by Crippen LogP contribution is -2.19. The molecular formula is C18H12Cl2F2N4O2. The van der Waals surface area contributed by atoms with Gasteiger partial charge in [-0.15, -0.1) is 0 Å². The van der Waals surface area contributed by atoms with E-state index in [0.717, 1.165) is 12.1 Å². The Hall–Kier alpha value is -2.97. The van der Waals surface area contributed by atoms with Crippen molar-refractivity contribution < 1.29 is 18.4 Å². The number of benzene rings is 2. The molecule has 0 saturated heterocycles. The Labute approximate surface area is 168 Å². The highest BCUT2D eigenvalue weighted by Crippen LogP contribution is 2.22. The molecule has 144 valence electrons. The summed E-state index contributed by atoms with van der Waals surface area (Å²) in [5.74, 6) is -2.58. The van der Waals surface area contributed by atoms with Crippen molar-refractivity contribution in [3.63, 3.8) is 0 Å². The van der Waals surface area contributed by atoms with Crippen molar-refractivity contribution in [3.8, 4) is 0 Å². The topological polar surface area (TPSA) is 76.0 Å². The molecular weight excluding hydrogens is 413 g/mol. The SMILES string of the molecule is Cn1cc(C(=O)Nc2ccc(F)c(Cl)c2)c(C(=O)Nc2ccc(F)c(Cl)c2)n1. The number of hydrogen-bond donors (Lipinski definition) is 2. The van der Waals surface area contributed by atoms with E-state index in [1.165, 1.54) is 42.2 Å². The van der Waals surface area contributed by atoms with Crippen LogP contribution in [0.1, 0.15) is 20.8 Å². The molecule has 3 aromatic rings. The quantitative estimate of drug-likeness (QED) is 0.646. The number of carbonyl (C=O) groups excluding carboxylic acids is 2. The molecule has 2 amide bonds. The summed E-state index contributed by atoms with van der Waals surface area (Å²) in [4.78, 5) is 25.1. The predicted octanol–water partition coefficient (Wildman–Crippen LogP) is 4.51. The molecule has 0 aliphatic heterocycles. The van der Waals surface area contributed by atoms with E-state index in [2.05, 4.69) is 15.7 Å². The van der Waals surface area contributed by atoms with Crippen LogP contribution in [0.4, 0.5) is 20.2 Å². The fraction of sp³-hybridized carbons (Fsp3) is 0.0556. The number of anilines is 2. The molecule has 10 heteroatoms. The van der Waals surface area contributed by atoms with Gasteiger partial charge in [0.1, 0.15) is 11.6 Å². The van der Waals surface area contributed by atoms with Crippen molar-refractivity contribution in [1.29, 1.82) is 0 Å². The van der Waals surface area contributed by atoms with Crippen LogP contribution in [0.25, 0.3) is 0 Å². The van der Waals surface area contributed by atoms with Gasteiger partial charge >= 0.3 is 0 Å². The van der Waals surface area contributed by atoms with Crippen LogP contribution in [0, 0.1) is 11.6 Å². The number of halogens is 4. The molecule has 0 bridgehead atoms. The van der Waals surface area contributed by atoms with Gasteiger partial charge in [-0.3, -0.25) is 14.3 Å². The van der Waals surface area contributed by atoms with E-state index in [9.17, 15) is 18.4 Å². The molecule has 2 aromatic carbocycles. The van der Waals surface area contributed by atoms with Crippen molar-refractivity contribution in [2.75, 3.05) is 10.6 Å². The Kier molecular flexibility index (Phi) is 5.62. The van der Waals surface area contributed by atoms with Gasteiger partial charge in [-0.25, -0.2) is 8.78 Å². The van der Waals surface area contributed by atoms with Crippen molar-refractivity contribution in [2.45, 2.75) is 0 Å². The second-order valence-corrected chi connectivity index (χ2v) is 6.55. The van der Waals surface area contributed by atoms with Gasteiger partial charge in [0.15, 0.2) is 5.69 Å². The second-order valence-electron chi connectivity index (χ2n) is 5.73. The molecule has 1 aromatic heterocycles. The Morgan fingerprint density at radius 2 is 1.43 bits per heavy atom. The number of nitrogens with zero attached hydrogens (tertiary/aromatic N) is 2. The molecule has 6 nitrogen and oxygen atoms in total. The number of nitrogens with one attached hydrogen (secondary N) is 2. The molecule has 0 atom stereocenters. The maximum absolute atomic E-state index is 13.2. The molecule has 0 aliphatic carbocycles. The largest absolute Gasteiger partial charge is 0.322 e. The summed E-state index contributed by atoms with van der Waals surface area (Å²) in [6.45, 7) is 0. The minimum absolute atomic E-state index is 0.0198. The first-order chi connectivity index (χ1) is 13.2.